The molecule has 0 radical (unpaired) electrons. The summed E-state index contributed by atoms with van der Waals surface area (Å²) in [5.41, 5.74) is 1.75. The fourth-order valence-electron chi connectivity index (χ4n) is 3.99. The molecule has 2 aromatic carbocycles. The van der Waals surface area contributed by atoms with Gasteiger partial charge in [0.1, 0.15) is 6.04 Å². The van der Waals surface area contributed by atoms with Crippen LogP contribution >= 0.6 is 11.6 Å². The van der Waals surface area contributed by atoms with Gasteiger partial charge in [0.25, 0.3) is 0 Å². The first-order chi connectivity index (χ1) is 16.7. The van der Waals surface area contributed by atoms with Crippen molar-refractivity contribution < 1.29 is 18.0 Å². The van der Waals surface area contributed by atoms with Crippen LogP contribution in [-0.2, 0) is 26.2 Å². The first-order valence-electron chi connectivity index (χ1n) is 12.1. The molecule has 2 rings (SSSR count). The highest BCUT2D eigenvalue weighted by atomic mass is 35.5. The number of benzene rings is 2. The van der Waals surface area contributed by atoms with Crippen LogP contribution in [0.4, 0.5) is 5.69 Å². The van der Waals surface area contributed by atoms with Crippen LogP contribution in [0.5, 0.6) is 0 Å². The lowest BCUT2D eigenvalue weighted by molar-refractivity contribution is -0.142. The minimum Gasteiger partial charge on any atom is -0.350 e. The molecule has 0 bridgehead atoms. The number of aryl methyl sites for hydroxylation is 1. The Morgan fingerprint density at radius 1 is 1.08 bits per heavy atom. The van der Waals surface area contributed by atoms with Gasteiger partial charge in [0.15, 0.2) is 0 Å². The lowest BCUT2D eigenvalue weighted by Gasteiger charge is -2.33. The quantitative estimate of drug-likeness (QED) is 0.442. The van der Waals surface area contributed by atoms with Gasteiger partial charge in [0.05, 0.1) is 11.9 Å². The van der Waals surface area contributed by atoms with Crippen LogP contribution in [0.2, 0.25) is 5.02 Å². The lowest BCUT2D eigenvalue weighted by Crippen LogP contribution is -2.53. The molecular formula is C27H38ClN3O4S. The molecule has 2 aromatic rings. The second-order valence-corrected chi connectivity index (χ2v) is 12.4. The van der Waals surface area contributed by atoms with E-state index in [1.165, 1.54) is 4.31 Å². The number of nitrogens with zero attached hydrogens (tertiary/aromatic N) is 2. The molecule has 0 fully saturated rings. The SMILES string of the molecule is CCC(C(=O)NC(C)(C)C)N(Cc1ccccc1)C(=O)CCCN(c1cc(Cl)ccc1C)S(C)(=O)=O. The molecule has 0 aromatic heterocycles. The third-order valence-electron chi connectivity index (χ3n) is 5.67. The Balaban J connectivity index is 2.24. The molecule has 0 saturated heterocycles. The van der Waals surface area contributed by atoms with Gasteiger partial charge >= 0.3 is 0 Å². The van der Waals surface area contributed by atoms with Crippen molar-refractivity contribution in [2.24, 2.45) is 0 Å². The van der Waals surface area contributed by atoms with E-state index >= 15 is 0 Å². The Labute approximate surface area is 220 Å². The maximum absolute atomic E-state index is 13.5. The molecule has 0 heterocycles. The summed E-state index contributed by atoms with van der Waals surface area (Å²) < 4.78 is 26.4. The van der Waals surface area contributed by atoms with Gasteiger partial charge in [-0.3, -0.25) is 13.9 Å². The predicted octanol–water partition coefficient (Wildman–Crippen LogP) is 4.92. The van der Waals surface area contributed by atoms with Gasteiger partial charge in [-0.2, -0.15) is 0 Å². The maximum atomic E-state index is 13.5. The highest BCUT2D eigenvalue weighted by Crippen LogP contribution is 2.27. The van der Waals surface area contributed by atoms with Crippen molar-refractivity contribution in [1.82, 2.24) is 10.2 Å². The molecule has 9 heteroatoms. The second kappa shape index (κ2) is 12.6. The fraction of sp³-hybridized carbons (Fsp3) is 0.481. The summed E-state index contributed by atoms with van der Waals surface area (Å²) in [6.07, 6.45) is 1.98. The number of hydrogen-bond acceptors (Lipinski definition) is 4. The molecule has 0 aliphatic heterocycles. The minimum atomic E-state index is -3.59. The monoisotopic (exact) mass is 535 g/mol. The van der Waals surface area contributed by atoms with Crippen molar-refractivity contribution in [3.63, 3.8) is 0 Å². The topological polar surface area (TPSA) is 86.8 Å². The highest BCUT2D eigenvalue weighted by molar-refractivity contribution is 7.92. The molecule has 0 saturated carbocycles. The third kappa shape index (κ3) is 8.82. The third-order valence-corrected chi connectivity index (χ3v) is 7.09. The number of rotatable bonds is 11. The highest BCUT2D eigenvalue weighted by Gasteiger charge is 2.30. The molecule has 0 aliphatic rings. The Morgan fingerprint density at radius 3 is 2.28 bits per heavy atom. The van der Waals surface area contributed by atoms with E-state index in [9.17, 15) is 18.0 Å². The molecule has 1 unspecified atom stereocenters. The van der Waals surface area contributed by atoms with Crippen molar-refractivity contribution in [3.05, 3.63) is 64.7 Å². The van der Waals surface area contributed by atoms with Crippen LogP contribution in [0.3, 0.4) is 0 Å². The van der Waals surface area contributed by atoms with Gasteiger partial charge in [-0.1, -0.05) is 54.9 Å². The Morgan fingerprint density at radius 2 is 1.72 bits per heavy atom. The van der Waals surface area contributed by atoms with E-state index in [0.29, 0.717) is 30.1 Å². The number of halogens is 1. The average molecular weight is 536 g/mol. The number of sulfonamides is 1. The number of carbonyl (C=O) groups is 2. The second-order valence-electron chi connectivity index (χ2n) is 10.0. The number of amides is 2. The predicted molar refractivity (Wildman–Crippen MR) is 147 cm³/mol. The van der Waals surface area contributed by atoms with Crippen molar-refractivity contribution in [3.8, 4) is 0 Å². The van der Waals surface area contributed by atoms with Gasteiger partial charge in [-0.15, -0.1) is 0 Å². The standard InChI is InChI=1S/C27H38ClN3O4S/c1-7-23(26(33)29-27(3,4)5)30(19-21-12-9-8-10-13-21)25(32)14-11-17-31(36(6,34)35)24-18-22(28)16-15-20(24)2/h8-10,12-13,15-16,18,23H,7,11,14,17,19H2,1-6H3,(H,29,33). The van der Waals surface area contributed by atoms with Gasteiger partial charge in [-0.25, -0.2) is 8.42 Å². The van der Waals surface area contributed by atoms with Crippen molar-refractivity contribution in [2.45, 2.75) is 72.0 Å². The molecule has 1 atom stereocenters. The van der Waals surface area contributed by atoms with E-state index in [2.05, 4.69) is 5.32 Å². The van der Waals surface area contributed by atoms with Crippen molar-refractivity contribution in [1.29, 1.82) is 0 Å². The Kier molecular flexibility index (Phi) is 10.4. The van der Waals surface area contributed by atoms with E-state index in [-0.39, 0.29) is 24.8 Å². The van der Waals surface area contributed by atoms with Crippen LogP contribution in [0.15, 0.2) is 48.5 Å². The minimum absolute atomic E-state index is 0.0950. The summed E-state index contributed by atoms with van der Waals surface area (Å²) >= 11 is 6.12. The first kappa shape index (κ1) is 29.6. The molecule has 198 valence electrons. The molecule has 7 nitrogen and oxygen atoms in total. The Hall–Kier alpha value is -2.58. The zero-order valence-electron chi connectivity index (χ0n) is 22.0. The van der Waals surface area contributed by atoms with E-state index in [0.717, 1.165) is 17.4 Å². The number of hydrogen-bond donors (Lipinski definition) is 1. The van der Waals surface area contributed by atoms with Crippen molar-refractivity contribution >= 4 is 39.1 Å². The summed E-state index contributed by atoms with van der Waals surface area (Å²) in [5.74, 6) is -0.410. The van der Waals surface area contributed by atoms with Crippen LogP contribution in [0.1, 0.15) is 58.1 Å². The van der Waals surface area contributed by atoms with Gasteiger partial charge in [-0.05, 0) is 63.8 Å². The van der Waals surface area contributed by atoms with E-state index in [1.807, 2.05) is 65.0 Å². The molecule has 0 aliphatic carbocycles. The van der Waals surface area contributed by atoms with Crippen LogP contribution in [0.25, 0.3) is 0 Å². The van der Waals surface area contributed by atoms with Crippen LogP contribution in [0, 0.1) is 6.92 Å². The Bertz CT molecular complexity index is 1150. The molecule has 36 heavy (non-hydrogen) atoms. The van der Waals surface area contributed by atoms with E-state index < -0.39 is 21.6 Å². The largest absolute Gasteiger partial charge is 0.350 e. The van der Waals surface area contributed by atoms with Gasteiger partial charge in [0.2, 0.25) is 21.8 Å². The van der Waals surface area contributed by atoms with Crippen LogP contribution in [-0.4, -0.2) is 49.5 Å². The molecule has 0 spiro atoms. The van der Waals surface area contributed by atoms with Gasteiger partial charge < -0.3 is 10.2 Å². The van der Waals surface area contributed by atoms with E-state index in [4.69, 9.17) is 11.6 Å². The summed E-state index contributed by atoms with van der Waals surface area (Å²) in [6, 6.07) is 14.0. The van der Waals surface area contributed by atoms with E-state index in [1.54, 1.807) is 23.1 Å². The smallest absolute Gasteiger partial charge is 0.243 e. The number of anilines is 1. The normalized spacial score (nSPS) is 12.6. The molecular weight excluding hydrogens is 498 g/mol. The van der Waals surface area contributed by atoms with Gasteiger partial charge in [0, 0.05) is 30.1 Å². The first-order valence-corrected chi connectivity index (χ1v) is 14.3. The summed E-state index contributed by atoms with van der Waals surface area (Å²) in [4.78, 5) is 28.2. The fourth-order valence-corrected chi connectivity index (χ4v) is 5.17. The van der Waals surface area contributed by atoms with Crippen LogP contribution < -0.4 is 9.62 Å². The molecule has 1 N–H and O–H groups in total. The van der Waals surface area contributed by atoms with Crippen molar-refractivity contribution in [2.75, 3.05) is 17.1 Å². The average Bonchev–Trinajstić information content (AvgIpc) is 2.77. The zero-order valence-corrected chi connectivity index (χ0v) is 23.6. The molecule has 2 amide bonds. The summed E-state index contributed by atoms with van der Waals surface area (Å²) in [5, 5.41) is 3.42. The lowest BCUT2D eigenvalue weighted by atomic mass is 10.0. The zero-order chi connectivity index (χ0) is 27.1. The summed E-state index contributed by atoms with van der Waals surface area (Å²) in [7, 11) is -3.59. The maximum Gasteiger partial charge on any atom is 0.243 e. The summed E-state index contributed by atoms with van der Waals surface area (Å²) in [6.45, 7) is 9.81. The number of carbonyl (C=O) groups excluding carboxylic acids is 2. The number of nitrogens with one attached hydrogen (secondary N) is 1.